The van der Waals surface area contributed by atoms with Gasteiger partial charge in [0.25, 0.3) is 5.89 Å². The molecular weight excluding hydrogens is 312 g/mol. The van der Waals surface area contributed by atoms with Gasteiger partial charge < -0.3 is 4.42 Å². The minimum absolute atomic E-state index is 0.0837. The van der Waals surface area contributed by atoms with Crippen LogP contribution in [0.5, 0.6) is 0 Å². The van der Waals surface area contributed by atoms with Crippen molar-refractivity contribution < 1.29 is 9.21 Å². The number of nitrogens with one attached hydrogen (secondary N) is 1. The zero-order valence-corrected chi connectivity index (χ0v) is 13.9. The number of rotatable bonds is 4. The molecule has 1 amide bonds. The molecule has 1 aromatic carbocycles. The van der Waals surface area contributed by atoms with Crippen LogP contribution in [0.2, 0.25) is 0 Å². The summed E-state index contributed by atoms with van der Waals surface area (Å²) < 4.78 is 5.43. The Bertz CT molecular complexity index is 853. The lowest BCUT2D eigenvalue weighted by molar-refractivity contribution is -0.115. The Hall–Kier alpha value is -2.54. The summed E-state index contributed by atoms with van der Waals surface area (Å²) in [6.07, 6.45) is 0.264. The number of hydrogen-bond acceptors (Lipinski definition) is 6. The first kappa shape index (κ1) is 15.4. The Labute approximate surface area is 137 Å². The second-order valence-corrected chi connectivity index (χ2v) is 6.38. The van der Waals surface area contributed by atoms with E-state index >= 15 is 0 Å². The molecule has 6 nitrogen and oxygen atoms in total. The third-order valence-corrected chi connectivity index (χ3v) is 4.13. The molecule has 7 heteroatoms. The van der Waals surface area contributed by atoms with Crippen LogP contribution in [0.15, 0.2) is 28.0 Å². The molecule has 23 heavy (non-hydrogen) atoms. The van der Waals surface area contributed by atoms with E-state index in [0.29, 0.717) is 11.6 Å². The molecule has 1 N–H and O–H groups in total. The standard InChI is InChI=1S/C16H16N4O2S/c1-9-4-5-12(10(2)6-9)7-14(21)18-16-20-19-15(22-16)13-8-23-11(3)17-13/h4-6,8H,7H2,1-3H3,(H,18,20,21). The van der Waals surface area contributed by atoms with Crippen molar-refractivity contribution in [3.8, 4) is 11.6 Å². The van der Waals surface area contributed by atoms with Gasteiger partial charge in [0.2, 0.25) is 5.91 Å². The van der Waals surface area contributed by atoms with Gasteiger partial charge in [0, 0.05) is 5.38 Å². The molecular formula is C16H16N4O2S. The van der Waals surface area contributed by atoms with Crippen molar-refractivity contribution in [2.75, 3.05) is 5.32 Å². The molecule has 0 atom stereocenters. The smallest absolute Gasteiger partial charge is 0.322 e. The average Bonchev–Trinajstić information content (AvgIpc) is 3.11. The van der Waals surface area contributed by atoms with Crippen LogP contribution in [-0.4, -0.2) is 21.1 Å². The highest BCUT2D eigenvalue weighted by atomic mass is 32.1. The van der Waals surface area contributed by atoms with Crippen molar-refractivity contribution >= 4 is 23.3 Å². The molecule has 3 rings (SSSR count). The fourth-order valence-corrected chi connectivity index (χ4v) is 2.81. The first-order valence-electron chi connectivity index (χ1n) is 7.13. The number of anilines is 1. The highest BCUT2D eigenvalue weighted by Crippen LogP contribution is 2.21. The third-order valence-electron chi connectivity index (χ3n) is 3.36. The van der Waals surface area contributed by atoms with Gasteiger partial charge in [-0.05, 0) is 31.9 Å². The fraction of sp³-hybridized carbons (Fsp3) is 0.250. The molecule has 0 bridgehead atoms. The fourth-order valence-electron chi connectivity index (χ4n) is 2.22. The molecule has 0 fully saturated rings. The predicted octanol–water partition coefficient (Wildman–Crippen LogP) is 3.30. The van der Waals surface area contributed by atoms with Gasteiger partial charge in [0.05, 0.1) is 11.4 Å². The highest BCUT2D eigenvalue weighted by Gasteiger charge is 2.14. The van der Waals surface area contributed by atoms with Crippen molar-refractivity contribution in [3.63, 3.8) is 0 Å². The SMILES string of the molecule is Cc1ccc(CC(=O)Nc2nnc(-c3csc(C)n3)o2)c(C)c1. The van der Waals surface area contributed by atoms with Crippen molar-refractivity contribution in [1.29, 1.82) is 0 Å². The summed E-state index contributed by atoms with van der Waals surface area (Å²) in [7, 11) is 0. The minimum atomic E-state index is -0.193. The number of carbonyl (C=O) groups is 1. The molecule has 0 saturated carbocycles. The topological polar surface area (TPSA) is 80.9 Å². The van der Waals surface area contributed by atoms with Crippen LogP contribution >= 0.6 is 11.3 Å². The first-order chi connectivity index (χ1) is 11.0. The van der Waals surface area contributed by atoms with Crippen LogP contribution in [0.25, 0.3) is 11.6 Å². The molecule has 2 heterocycles. The van der Waals surface area contributed by atoms with Crippen LogP contribution in [-0.2, 0) is 11.2 Å². The van der Waals surface area contributed by atoms with Gasteiger partial charge in [-0.2, -0.15) is 0 Å². The monoisotopic (exact) mass is 328 g/mol. The van der Waals surface area contributed by atoms with E-state index in [1.165, 1.54) is 16.9 Å². The number of thiazole rings is 1. The van der Waals surface area contributed by atoms with Crippen molar-refractivity contribution in [1.82, 2.24) is 15.2 Å². The average molecular weight is 328 g/mol. The second kappa shape index (κ2) is 6.29. The Morgan fingerprint density at radius 1 is 1.26 bits per heavy atom. The largest absolute Gasteiger partial charge is 0.401 e. The Morgan fingerprint density at radius 3 is 2.78 bits per heavy atom. The Balaban J connectivity index is 1.67. The van der Waals surface area contributed by atoms with E-state index in [-0.39, 0.29) is 18.3 Å². The summed E-state index contributed by atoms with van der Waals surface area (Å²) in [5.41, 5.74) is 3.86. The van der Waals surface area contributed by atoms with E-state index in [2.05, 4.69) is 26.6 Å². The number of carbonyl (C=O) groups excluding carboxylic acids is 1. The normalized spacial score (nSPS) is 10.7. The first-order valence-corrected chi connectivity index (χ1v) is 8.01. The van der Waals surface area contributed by atoms with E-state index in [0.717, 1.165) is 16.1 Å². The van der Waals surface area contributed by atoms with Crippen molar-refractivity contribution in [3.05, 3.63) is 45.3 Å². The lowest BCUT2D eigenvalue weighted by Crippen LogP contribution is -2.15. The summed E-state index contributed by atoms with van der Waals surface area (Å²) in [6, 6.07) is 6.09. The number of nitrogens with zero attached hydrogens (tertiary/aromatic N) is 3. The van der Waals surface area contributed by atoms with Gasteiger partial charge in [0.1, 0.15) is 5.69 Å². The maximum Gasteiger partial charge on any atom is 0.322 e. The third kappa shape index (κ3) is 3.62. The van der Waals surface area contributed by atoms with Gasteiger partial charge in [-0.3, -0.25) is 10.1 Å². The van der Waals surface area contributed by atoms with Crippen LogP contribution in [0, 0.1) is 20.8 Å². The lowest BCUT2D eigenvalue weighted by atomic mass is 10.0. The number of aryl methyl sites for hydroxylation is 3. The van der Waals surface area contributed by atoms with Crippen LogP contribution in [0.4, 0.5) is 6.01 Å². The summed E-state index contributed by atoms with van der Waals surface area (Å²) in [5, 5.41) is 13.1. The summed E-state index contributed by atoms with van der Waals surface area (Å²) in [4.78, 5) is 16.4. The molecule has 0 aliphatic rings. The van der Waals surface area contributed by atoms with Crippen molar-refractivity contribution in [2.24, 2.45) is 0 Å². The molecule has 118 valence electrons. The molecule has 3 aromatic rings. The molecule has 0 radical (unpaired) electrons. The maximum atomic E-state index is 12.1. The Kier molecular flexibility index (Phi) is 4.20. The van der Waals surface area contributed by atoms with Gasteiger partial charge >= 0.3 is 6.01 Å². The number of aromatic nitrogens is 3. The number of amides is 1. The van der Waals surface area contributed by atoms with E-state index < -0.39 is 0 Å². The van der Waals surface area contributed by atoms with Gasteiger partial charge in [-0.1, -0.05) is 28.9 Å². The van der Waals surface area contributed by atoms with Gasteiger partial charge in [-0.25, -0.2) is 4.98 Å². The van der Waals surface area contributed by atoms with Gasteiger partial charge in [0.15, 0.2) is 0 Å². The quantitative estimate of drug-likeness (QED) is 0.795. The molecule has 0 saturated heterocycles. The van der Waals surface area contributed by atoms with E-state index in [1.54, 1.807) is 0 Å². The lowest BCUT2D eigenvalue weighted by Gasteiger charge is -2.06. The van der Waals surface area contributed by atoms with E-state index in [9.17, 15) is 4.79 Å². The van der Waals surface area contributed by atoms with Gasteiger partial charge in [-0.15, -0.1) is 16.4 Å². The zero-order valence-electron chi connectivity index (χ0n) is 13.1. The molecule has 0 aliphatic carbocycles. The minimum Gasteiger partial charge on any atom is -0.401 e. The molecule has 0 aliphatic heterocycles. The highest BCUT2D eigenvalue weighted by molar-refractivity contribution is 7.09. The summed E-state index contributed by atoms with van der Waals surface area (Å²) in [5.74, 6) is 0.109. The summed E-state index contributed by atoms with van der Waals surface area (Å²) >= 11 is 1.50. The zero-order chi connectivity index (χ0) is 16.4. The Morgan fingerprint density at radius 2 is 2.09 bits per heavy atom. The van der Waals surface area contributed by atoms with Crippen LogP contribution in [0.1, 0.15) is 21.7 Å². The molecule has 2 aromatic heterocycles. The second-order valence-electron chi connectivity index (χ2n) is 5.32. The number of benzene rings is 1. The number of hydrogen-bond donors (Lipinski definition) is 1. The van der Waals surface area contributed by atoms with Crippen LogP contribution in [0.3, 0.4) is 0 Å². The maximum absolute atomic E-state index is 12.1. The predicted molar refractivity (Wildman–Crippen MR) is 88.4 cm³/mol. The van der Waals surface area contributed by atoms with E-state index in [4.69, 9.17) is 4.42 Å². The summed E-state index contributed by atoms with van der Waals surface area (Å²) in [6.45, 7) is 5.92. The van der Waals surface area contributed by atoms with Crippen LogP contribution < -0.4 is 5.32 Å². The molecule has 0 unspecified atom stereocenters. The van der Waals surface area contributed by atoms with Crippen molar-refractivity contribution in [2.45, 2.75) is 27.2 Å². The van der Waals surface area contributed by atoms with E-state index in [1.807, 2.05) is 38.3 Å². The molecule has 0 spiro atoms.